The maximum absolute atomic E-state index is 12.3. The van der Waals surface area contributed by atoms with Crippen LogP contribution in [0.3, 0.4) is 0 Å². The zero-order chi connectivity index (χ0) is 19.9. The van der Waals surface area contributed by atoms with Gasteiger partial charge >= 0.3 is 12.0 Å². The molecule has 0 saturated heterocycles. The van der Waals surface area contributed by atoms with Gasteiger partial charge in [0, 0.05) is 16.0 Å². The number of thiazole rings is 1. The quantitative estimate of drug-likeness (QED) is 0.562. The monoisotopic (exact) mass is 415 g/mol. The van der Waals surface area contributed by atoms with Crippen molar-refractivity contribution in [2.75, 3.05) is 0 Å². The zero-order valence-corrected chi connectivity index (χ0v) is 16.4. The number of amides is 2. The topological polar surface area (TPSA) is 94.3 Å². The summed E-state index contributed by atoms with van der Waals surface area (Å²) >= 11 is 7.37. The molecule has 8 heteroatoms. The number of hydrogen-bond donors (Lipinski definition) is 2. The molecule has 1 heterocycles. The first-order chi connectivity index (χ1) is 13.5. The highest BCUT2D eigenvalue weighted by Crippen LogP contribution is 2.24. The highest BCUT2D eigenvalue weighted by Gasteiger charge is 2.19. The van der Waals surface area contributed by atoms with E-state index in [1.54, 1.807) is 24.3 Å². The van der Waals surface area contributed by atoms with E-state index in [-0.39, 0.29) is 13.0 Å². The number of benzene rings is 2. The van der Waals surface area contributed by atoms with Crippen molar-refractivity contribution in [1.82, 2.24) is 10.3 Å². The number of nitrogens with zero attached hydrogens (tertiary/aromatic N) is 1. The Morgan fingerprint density at radius 2 is 1.86 bits per heavy atom. The standard InChI is InChI=1S/C20H18ClN3O3S/c21-15-8-6-13(7-9-15)17(24-20(22)26)10-18(25)27-11-16-12-28-19(23-16)14-4-2-1-3-5-14/h1-9,12,17H,10-11H2,(H3,22,24,26)/t17-/m0/s1. The minimum absolute atomic E-state index is 0.0553. The van der Waals surface area contributed by atoms with Gasteiger partial charge in [-0.25, -0.2) is 9.78 Å². The summed E-state index contributed by atoms with van der Waals surface area (Å²) in [4.78, 5) is 28.0. The number of halogens is 1. The van der Waals surface area contributed by atoms with Crippen LogP contribution in [0.5, 0.6) is 0 Å². The van der Waals surface area contributed by atoms with Crippen LogP contribution < -0.4 is 11.1 Å². The molecule has 0 radical (unpaired) electrons. The molecule has 0 aliphatic rings. The average molecular weight is 416 g/mol. The van der Waals surface area contributed by atoms with Crippen molar-refractivity contribution >= 4 is 34.9 Å². The first-order valence-electron chi connectivity index (χ1n) is 8.48. The lowest BCUT2D eigenvalue weighted by atomic mass is 10.0. The molecule has 3 rings (SSSR count). The van der Waals surface area contributed by atoms with E-state index >= 15 is 0 Å². The van der Waals surface area contributed by atoms with E-state index in [2.05, 4.69) is 10.3 Å². The van der Waals surface area contributed by atoms with Crippen molar-refractivity contribution < 1.29 is 14.3 Å². The van der Waals surface area contributed by atoms with Gasteiger partial charge in [-0.2, -0.15) is 0 Å². The Bertz CT molecular complexity index is 945. The number of urea groups is 1. The number of hydrogen-bond acceptors (Lipinski definition) is 5. The largest absolute Gasteiger partial charge is 0.459 e. The van der Waals surface area contributed by atoms with Crippen LogP contribution in [0, 0.1) is 0 Å². The molecule has 0 fully saturated rings. The average Bonchev–Trinajstić information content (AvgIpc) is 3.16. The molecule has 144 valence electrons. The van der Waals surface area contributed by atoms with Gasteiger partial charge in [-0.05, 0) is 17.7 Å². The minimum atomic E-state index is -0.722. The van der Waals surface area contributed by atoms with E-state index in [9.17, 15) is 9.59 Å². The number of nitrogens with two attached hydrogens (primary N) is 1. The lowest BCUT2D eigenvalue weighted by Crippen LogP contribution is -2.34. The number of nitrogens with one attached hydrogen (secondary N) is 1. The summed E-state index contributed by atoms with van der Waals surface area (Å²) in [5.74, 6) is -0.469. The van der Waals surface area contributed by atoms with E-state index < -0.39 is 18.0 Å². The Kier molecular flexibility index (Phi) is 6.62. The second-order valence-corrected chi connectivity index (χ2v) is 7.28. The summed E-state index contributed by atoms with van der Waals surface area (Å²) in [5.41, 5.74) is 7.61. The van der Waals surface area contributed by atoms with Gasteiger partial charge in [0.25, 0.3) is 0 Å². The number of esters is 1. The third-order valence-electron chi connectivity index (χ3n) is 3.91. The van der Waals surface area contributed by atoms with Crippen LogP contribution in [0.4, 0.5) is 4.79 Å². The Morgan fingerprint density at radius 3 is 2.54 bits per heavy atom. The molecule has 6 nitrogen and oxygen atoms in total. The van der Waals surface area contributed by atoms with E-state index in [4.69, 9.17) is 22.1 Å². The van der Waals surface area contributed by atoms with E-state index in [1.165, 1.54) is 11.3 Å². The van der Waals surface area contributed by atoms with Crippen LogP contribution in [0.2, 0.25) is 5.02 Å². The van der Waals surface area contributed by atoms with Gasteiger partial charge in [-0.3, -0.25) is 4.79 Å². The van der Waals surface area contributed by atoms with Gasteiger partial charge in [-0.1, -0.05) is 54.1 Å². The molecule has 0 aliphatic carbocycles. The zero-order valence-electron chi connectivity index (χ0n) is 14.8. The van der Waals surface area contributed by atoms with Crippen LogP contribution in [0.1, 0.15) is 23.7 Å². The molecule has 0 unspecified atom stereocenters. The van der Waals surface area contributed by atoms with Crippen molar-refractivity contribution in [1.29, 1.82) is 0 Å². The highest BCUT2D eigenvalue weighted by molar-refractivity contribution is 7.13. The summed E-state index contributed by atoms with van der Waals surface area (Å²) in [6.07, 6.45) is -0.0553. The second-order valence-electron chi connectivity index (χ2n) is 5.99. The van der Waals surface area contributed by atoms with Gasteiger partial charge in [0.1, 0.15) is 11.6 Å². The lowest BCUT2D eigenvalue weighted by Gasteiger charge is -2.17. The fourth-order valence-electron chi connectivity index (χ4n) is 2.59. The van der Waals surface area contributed by atoms with Crippen LogP contribution in [-0.4, -0.2) is 17.0 Å². The molecule has 3 aromatic rings. The number of carbonyl (C=O) groups is 2. The van der Waals surface area contributed by atoms with E-state index in [0.29, 0.717) is 16.3 Å². The number of primary amides is 1. The van der Waals surface area contributed by atoms with Crippen molar-refractivity contribution in [3.05, 3.63) is 76.3 Å². The summed E-state index contributed by atoms with van der Waals surface area (Å²) in [5, 5.41) is 5.83. The number of carbonyl (C=O) groups excluding carboxylic acids is 2. The first-order valence-corrected chi connectivity index (χ1v) is 9.74. The van der Waals surface area contributed by atoms with Crippen molar-refractivity contribution in [2.45, 2.75) is 19.1 Å². The maximum Gasteiger partial charge on any atom is 0.312 e. The predicted octanol–water partition coefficient (Wildman–Crippen LogP) is 4.31. The van der Waals surface area contributed by atoms with Crippen molar-refractivity contribution in [2.24, 2.45) is 5.73 Å². The number of rotatable bonds is 7. The Labute approximate surface area is 171 Å². The third-order valence-corrected chi connectivity index (χ3v) is 5.11. The molecule has 28 heavy (non-hydrogen) atoms. The fraction of sp³-hybridized carbons (Fsp3) is 0.150. The lowest BCUT2D eigenvalue weighted by molar-refractivity contribution is -0.145. The van der Waals surface area contributed by atoms with Gasteiger partial charge in [-0.15, -0.1) is 11.3 Å². The van der Waals surface area contributed by atoms with Crippen LogP contribution >= 0.6 is 22.9 Å². The first kappa shape index (κ1) is 19.9. The molecule has 0 aliphatic heterocycles. The molecule has 0 saturated carbocycles. The van der Waals surface area contributed by atoms with Crippen LogP contribution in [0.25, 0.3) is 10.6 Å². The van der Waals surface area contributed by atoms with Gasteiger partial charge < -0.3 is 15.8 Å². The van der Waals surface area contributed by atoms with E-state index in [0.717, 1.165) is 10.6 Å². The maximum atomic E-state index is 12.3. The SMILES string of the molecule is NC(=O)N[C@@H](CC(=O)OCc1csc(-c2ccccc2)n1)c1ccc(Cl)cc1. The molecule has 2 amide bonds. The van der Waals surface area contributed by atoms with E-state index in [1.807, 2.05) is 35.7 Å². The summed E-state index contributed by atoms with van der Waals surface area (Å²) in [6.45, 7) is 0.0616. The fourth-order valence-corrected chi connectivity index (χ4v) is 3.52. The Hall–Kier alpha value is -2.90. The molecule has 1 aromatic heterocycles. The molecular formula is C20H18ClN3O3S. The number of ether oxygens (including phenoxy) is 1. The summed E-state index contributed by atoms with van der Waals surface area (Å²) < 4.78 is 5.32. The third kappa shape index (κ3) is 5.55. The Morgan fingerprint density at radius 1 is 1.14 bits per heavy atom. The highest BCUT2D eigenvalue weighted by atomic mass is 35.5. The smallest absolute Gasteiger partial charge is 0.312 e. The van der Waals surface area contributed by atoms with Gasteiger partial charge in [0.15, 0.2) is 0 Å². The minimum Gasteiger partial charge on any atom is -0.459 e. The summed E-state index contributed by atoms with van der Waals surface area (Å²) in [7, 11) is 0. The molecule has 0 spiro atoms. The van der Waals surface area contributed by atoms with Crippen molar-refractivity contribution in [3.8, 4) is 10.6 Å². The van der Waals surface area contributed by atoms with Crippen LogP contribution in [-0.2, 0) is 16.1 Å². The summed E-state index contributed by atoms with van der Waals surface area (Å²) in [6, 6.07) is 15.3. The Balaban J connectivity index is 1.59. The molecular weight excluding hydrogens is 398 g/mol. The molecule has 3 N–H and O–H groups in total. The van der Waals surface area contributed by atoms with Crippen molar-refractivity contribution in [3.63, 3.8) is 0 Å². The van der Waals surface area contributed by atoms with Gasteiger partial charge in [0.05, 0.1) is 18.2 Å². The van der Waals surface area contributed by atoms with Gasteiger partial charge in [0.2, 0.25) is 0 Å². The molecule has 1 atom stereocenters. The second kappa shape index (κ2) is 9.34. The normalized spacial score (nSPS) is 11.6. The predicted molar refractivity (Wildman–Crippen MR) is 109 cm³/mol. The molecule has 0 bridgehead atoms. The number of aromatic nitrogens is 1. The van der Waals surface area contributed by atoms with Crippen LogP contribution in [0.15, 0.2) is 60.0 Å². The molecule has 2 aromatic carbocycles.